The van der Waals surface area contributed by atoms with Crippen LogP contribution in [0.5, 0.6) is 11.5 Å². The van der Waals surface area contributed by atoms with Crippen LogP contribution >= 0.6 is 15.9 Å². The van der Waals surface area contributed by atoms with Crippen molar-refractivity contribution in [2.75, 3.05) is 32.6 Å². The van der Waals surface area contributed by atoms with Crippen molar-refractivity contribution in [2.24, 2.45) is 0 Å². The molecule has 3 atom stereocenters. The van der Waals surface area contributed by atoms with Crippen LogP contribution in [0.2, 0.25) is 0 Å². The van der Waals surface area contributed by atoms with E-state index < -0.39 is 17.5 Å². The van der Waals surface area contributed by atoms with Gasteiger partial charge in [-0.05, 0) is 46.7 Å². The minimum absolute atomic E-state index is 0.0536. The van der Waals surface area contributed by atoms with E-state index in [4.69, 9.17) is 15.9 Å². The summed E-state index contributed by atoms with van der Waals surface area (Å²) < 4.78 is 11.6. The van der Waals surface area contributed by atoms with E-state index in [9.17, 15) is 14.9 Å². The highest BCUT2D eigenvalue weighted by Crippen LogP contribution is 2.53. The highest BCUT2D eigenvalue weighted by Gasteiger charge is 2.68. The average Bonchev–Trinajstić information content (AvgIpc) is 3.22. The van der Waals surface area contributed by atoms with E-state index in [0.29, 0.717) is 39.3 Å². The van der Waals surface area contributed by atoms with Gasteiger partial charge in [0.05, 0.1) is 17.5 Å². The number of likely N-dealkylation sites (tertiary alicyclic amines) is 1. The van der Waals surface area contributed by atoms with Crippen molar-refractivity contribution >= 4 is 27.5 Å². The highest BCUT2D eigenvalue weighted by atomic mass is 79.9. The Morgan fingerprint density at radius 2 is 2.16 bits per heavy atom. The number of likely N-dealkylation sites (N-methyl/N-ethyl adjacent to an activating group) is 1. The third-order valence-electron chi connectivity index (χ3n) is 6.02. The first-order valence-electron chi connectivity index (χ1n) is 9.55. The zero-order chi connectivity index (χ0) is 22.3. The number of ether oxygens (including phenoxy) is 2. The van der Waals surface area contributed by atoms with E-state index in [2.05, 4.69) is 27.2 Å². The Kier molecular flexibility index (Phi) is 5.37. The van der Waals surface area contributed by atoms with E-state index in [1.54, 1.807) is 48.3 Å². The topological polar surface area (TPSA) is 93.9 Å². The van der Waals surface area contributed by atoms with Gasteiger partial charge in [0, 0.05) is 22.7 Å². The quantitative estimate of drug-likeness (QED) is 0.397. The van der Waals surface area contributed by atoms with Crippen molar-refractivity contribution in [3.63, 3.8) is 0 Å². The number of methoxy groups -OCH3 is 1. The number of nitrogens with one attached hydrogen (secondary N) is 1. The summed E-state index contributed by atoms with van der Waals surface area (Å²) in [6.07, 6.45) is 5.28. The second-order valence-corrected chi connectivity index (χ2v) is 8.36. The first-order valence-corrected chi connectivity index (χ1v) is 10.3. The van der Waals surface area contributed by atoms with Gasteiger partial charge in [-0.25, -0.2) is 0 Å². The Labute approximate surface area is 187 Å². The zero-order valence-electron chi connectivity index (χ0n) is 16.9. The minimum atomic E-state index is -1.40. The van der Waals surface area contributed by atoms with Crippen LogP contribution in [0.15, 0.2) is 40.9 Å². The normalized spacial score (nSPS) is 24.5. The number of anilines is 1. The molecule has 160 valence electrons. The van der Waals surface area contributed by atoms with Gasteiger partial charge in [0.1, 0.15) is 6.61 Å². The minimum Gasteiger partial charge on any atom is -0.493 e. The number of nitrogens with zero attached hydrogens (tertiary/aromatic N) is 2. The summed E-state index contributed by atoms with van der Waals surface area (Å²) in [4.78, 5) is 27.0. The van der Waals surface area contributed by atoms with E-state index in [0.717, 1.165) is 0 Å². The second kappa shape index (κ2) is 7.87. The molecule has 2 aliphatic heterocycles. The van der Waals surface area contributed by atoms with Gasteiger partial charge in [-0.2, -0.15) is 0 Å². The molecule has 0 saturated carbocycles. The molecule has 1 fully saturated rings. The summed E-state index contributed by atoms with van der Waals surface area (Å²) >= 11 is 3.46. The van der Waals surface area contributed by atoms with E-state index in [-0.39, 0.29) is 17.4 Å². The summed E-state index contributed by atoms with van der Waals surface area (Å²) in [7, 11) is 3.23. The predicted octanol–water partition coefficient (Wildman–Crippen LogP) is 2.99. The molecular formula is C22H20BrN3O5. The fraction of sp³-hybridized carbons (Fsp3) is 0.318. The van der Waals surface area contributed by atoms with Crippen molar-refractivity contribution in [2.45, 2.75) is 17.5 Å². The maximum absolute atomic E-state index is 13.2. The van der Waals surface area contributed by atoms with Gasteiger partial charge in [-0.3, -0.25) is 19.8 Å². The lowest BCUT2D eigenvalue weighted by atomic mass is 9.79. The molecule has 4 rings (SSSR count). The number of benzene rings is 2. The van der Waals surface area contributed by atoms with Crippen LogP contribution in [0.1, 0.15) is 17.0 Å². The van der Waals surface area contributed by atoms with Gasteiger partial charge in [0.2, 0.25) is 0 Å². The molecular weight excluding hydrogens is 466 g/mol. The number of carbonyl (C=O) groups excluding carboxylic acids is 1. The molecule has 0 bridgehead atoms. The Balaban J connectivity index is 1.85. The number of fused-ring (bicyclic) bond motifs is 2. The number of amides is 1. The van der Waals surface area contributed by atoms with Crippen LogP contribution in [0.25, 0.3) is 0 Å². The molecule has 1 saturated heterocycles. The lowest BCUT2D eigenvalue weighted by Crippen LogP contribution is -2.54. The van der Waals surface area contributed by atoms with Gasteiger partial charge in [0.25, 0.3) is 11.9 Å². The van der Waals surface area contributed by atoms with Crippen molar-refractivity contribution in [1.29, 1.82) is 0 Å². The maximum atomic E-state index is 13.2. The number of terminal acetylenes is 1. The Morgan fingerprint density at radius 1 is 1.42 bits per heavy atom. The first kappa shape index (κ1) is 21.2. The second-order valence-electron chi connectivity index (χ2n) is 7.51. The molecule has 1 N–H and O–H groups in total. The summed E-state index contributed by atoms with van der Waals surface area (Å²) in [6, 6.07) is 9.40. The third kappa shape index (κ3) is 3.06. The lowest BCUT2D eigenvalue weighted by Gasteiger charge is -2.30. The van der Waals surface area contributed by atoms with Crippen molar-refractivity contribution in [1.82, 2.24) is 4.90 Å². The van der Waals surface area contributed by atoms with Gasteiger partial charge in [0.15, 0.2) is 17.0 Å². The molecule has 1 spiro atoms. The van der Waals surface area contributed by atoms with E-state index >= 15 is 0 Å². The molecule has 31 heavy (non-hydrogen) atoms. The summed E-state index contributed by atoms with van der Waals surface area (Å²) in [6.45, 7) is 0.367. The maximum Gasteiger partial charge on any atom is 0.256 e. The van der Waals surface area contributed by atoms with Crippen LogP contribution in [-0.4, -0.2) is 49.1 Å². The molecule has 2 aliphatic rings. The number of halogens is 1. The molecule has 0 aromatic heterocycles. The zero-order valence-corrected chi connectivity index (χ0v) is 18.5. The first-order chi connectivity index (χ1) is 14.9. The number of hydrogen-bond acceptors (Lipinski definition) is 6. The molecule has 8 nitrogen and oxygen atoms in total. The number of rotatable bonds is 5. The van der Waals surface area contributed by atoms with Crippen LogP contribution in [-0.2, 0) is 10.3 Å². The van der Waals surface area contributed by atoms with Gasteiger partial charge < -0.3 is 14.8 Å². The molecule has 2 aromatic carbocycles. The van der Waals surface area contributed by atoms with E-state index in [1.165, 1.54) is 7.11 Å². The summed E-state index contributed by atoms with van der Waals surface area (Å²) in [5.74, 6) is 2.27. The highest BCUT2D eigenvalue weighted by molar-refractivity contribution is 9.10. The monoisotopic (exact) mass is 485 g/mol. The number of carbonyl (C=O) groups is 1. The van der Waals surface area contributed by atoms with Gasteiger partial charge >= 0.3 is 0 Å². The van der Waals surface area contributed by atoms with Crippen LogP contribution in [0.4, 0.5) is 5.69 Å². The largest absolute Gasteiger partial charge is 0.493 e. The van der Waals surface area contributed by atoms with Crippen molar-refractivity contribution in [3.8, 4) is 23.8 Å². The molecule has 2 heterocycles. The molecule has 2 aromatic rings. The summed E-state index contributed by atoms with van der Waals surface area (Å²) in [5.41, 5.74) is 0.484. The van der Waals surface area contributed by atoms with Crippen molar-refractivity contribution < 1.29 is 19.2 Å². The lowest BCUT2D eigenvalue weighted by molar-refractivity contribution is -0.534. The molecule has 9 heteroatoms. The molecule has 0 aliphatic carbocycles. The average molecular weight is 486 g/mol. The summed E-state index contributed by atoms with van der Waals surface area (Å²) in [5, 5.41) is 15.2. The standard InChI is InChI=1S/C22H20BrN3O5/c1-4-9-31-19-16(23)10-13(11-18(19)30-3)14-12-25(2)22(20(14)26(28)29)15-7-5-6-8-17(15)24-21(22)27/h1,5-8,10-11,14,20H,9,12H2,2-3H3,(H,24,27)/t14-,20+,22+/m0/s1. The van der Waals surface area contributed by atoms with Crippen LogP contribution in [0, 0.1) is 22.5 Å². The number of nitro groups is 1. The number of para-hydroxylation sites is 1. The van der Waals surface area contributed by atoms with Gasteiger partial charge in [-0.1, -0.05) is 24.1 Å². The van der Waals surface area contributed by atoms with E-state index in [1.807, 2.05) is 0 Å². The molecule has 0 unspecified atom stereocenters. The van der Waals surface area contributed by atoms with Crippen molar-refractivity contribution in [3.05, 3.63) is 62.1 Å². The Morgan fingerprint density at radius 3 is 2.84 bits per heavy atom. The smallest absolute Gasteiger partial charge is 0.256 e. The third-order valence-corrected chi connectivity index (χ3v) is 6.61. The van der Waals surface area contributed by atoms with Crippen LogP contribution < -0.4 is 14.8 Å². The predicted molar refractivity (Wildman–Crippen MR) is 118 cm³/mol. The molecule has 0 radical (unpaired) electrons. The van der Waals surface area contributed by atoms with Crippen LogP contribution in [0.3, 0.4) is 0 Å². The van der Waals surface area contributed by atoms with Gasteiger partial charge in [-0.15, -0.1) is 6.42 Å². The Bertz CT molecular complexity index is 1110. The molecule has 1 amide bonds. The number of hydrogen-bond donors (Lipinski definition) is 1. The SMILES string of the molecule is C#CCOc1c(Br)cc([C@@H]2CN(C)[C@@]3(C(=O)Nc4ccccc43)[C@@H]2[N+](=O)[O-])cc1OC. The Hall–Kier alpha value is -3.09. The fourth-order valence-corrected chi connectivity index (χ4v) is 5.36. The fourth-order valence-electron chi connectivity index (χ4n) is 4.79.